The quantitative estimate of drug-likeness (QED) is 0.624. The lowest BCUT2D eigenvalue weighted by Crippen LogP contribution is -2.07. The fraction of sp³-hybridized carbons (Fsp3) is 0.333. The van der Waals surface area contributed by atoms with E-state index >= 15 is 0 Å². The zero-order valence-corrected chi connectivity index (χ0v) is 9.53. The Morgan fingerprint density at radius 3 is 2.50 bits per heavy atom. The van der Waals surface area contributed by atoms with Gasteiger partial charge in [-0.15, -0.1) is 0 Å². The van der Waals surface area contributed by atoms with Gasteiger partial charge >= 0.3 is 0 Å². The first-order chi connectivity index (χ1) is 7.45. The molecule has 0 fully saturated rings. The summed E-state index contributed by atoms with van der Waals surface area (Å²) in [5, 5.41) is 9.67. The second-order valence-electron chi connectivity index (χ2n) is 3.66. The Bertz CT molecular complexity index is 435. The molecule has 0 heterocycles. The molecule has 1 N–H and O–H groups in total. The van der Waals surface area contributed by atoms with Gasteiger partial charge in [0.25, 0.3) is 0 Å². The van der Waals surface area contributed by atoms with Gasteiger partial charge < -0.3 is 9.84 Å². The number of phenols is 1. The summed E-state index contributed by atoms with van der Waals surface area (Å²) >= 11 is 0. The molecule has 1 aromatic carbocycles. The third kappa shape index (κ3) is 2.59. The number of rotatable bonds is 4. The molecule has 0 unspecified atom stereocenters. The van der Waals surface area contributed by atoms with Crippen molar-refractivity contribution >= 4 is 11.6 Å². The number of aromatic hydroxyl groups is 1. The molecule has 0 saturated heterocycles. The molecule has 0 saturated carbocycles. The number of carbonyl (C=O) groups excluding carboxylic acids is 2. The van der Waals surface area contributed by atoms with Crippen LogP contribution in [0.2, 0.25) is 0 Å². The maximum absolute atomic E-state index is 11.7. The monoisotopic (exact) mass is 222 g/mol. The van der Waals surface area contributed by atoms with E-state index in [1.807, 2.05) is 0 Å². The molecule has 0 atom stereocenters. The first-order valence-corrected chi connectivity index (χ1v) is 4.86. The Kier molecular flexibility index (Phi) is 3.66. The van der Waals surface area contributed by atoms with Crippen molar-refractivity contribution in [3.05, 3.63) is 23.3 Å². The van der Waals surface area contributed by atoms with Crippen molar-refractivity contribution < 1.29 is 19.4 Å². The predicted octanol–water partition coefficient (Wildman–Crippen LogP) is 1.87. The van der Waals surface area contributed by atoms with Crippen LogP contribution in [-0.4, -0.2) is 23.8 Å². The smallest absolute Gasteiger partial charge is 0.177 e. The highest BCUT2D eigenvalue weighted by Crippen LogP contribution is 2.30. The number of hydrogen-bond donors (Lipinski definition) is 1. The molecule has 4 heteroatoms. The average molecular weight is 222 g/mol. The highest BCUT2D eigenvalue weighted by molar-refractivity contribution is 6.10. The van der Waals surface area contributed by atoms with E-state index in [1.54, 1.807) is 13.0 Å². The number of ketones is 2. The topological polar surface area (TPSA) is 63.6 Å². The van der Waals surface area contributed by atoms with Gasteiger partial charge in [0.1, 0.15) is 22.8 Å². The third-order valence-corrected chi connectivity index (χ3v) is 2.13. The van der Waals surface area contributed by atoms with Gasteiger partial charge in [-0.2, -0.15) is 0 Å². The minimum atomic E-state index is -0.429. The van der Waals surface area contributed by atoms with Crippen LogP contribution in [0.3, 0.4) is 0 Å². The van der Waals surface area contributed by atoms with E-state index in [4.69, 9.17) is 4.74 Å². The number of phenolic OH excluding ortho intramolecular Hbond substituents is 1. The molecule has 1 rings (SSSR count). The fourth-order valence-electron chi connectivity index (χ4n) is 1.49. The summed E-state index contributed by atoms with van der Waals surface area (Å²) in [6, 6.07) is 3.11. The van der Waals surface area contributed by atoms with Crippen molar-refractivity contribution in [2.24, 2.45) is 0 Å². The summed E-state index contributed by atoms with van der Waals surface area (Å²) in [7, 11) is 1.42. The van der Waals surface area contributed by atoms with Crippen molar-refractivity contribution in [3.8, 4) is 11.5 Å². The van der Waals surface area contributed by atoms with Crippen LogP contribution in [0, 0.1) is 6.92 Å². The van der Waals surface area contributed by atoms with Gasteiger partial charge in [-0.1, -0.05) is 0 Å². The SMILES string of the molecule is COc1cc(C)cc(O)c1C(=O)CC(C)=O. The van der Waals surface area contributed by atoms with Gasteiger partial charge in [0, 0.05) is 0 Å². The van der Waals surface area contributed by atoms with Crippen molar-refractivity contribution in [3.63, 3.8) is 0 Å². The van der Waals surface area contributed by atoms with Crippen LogP contribution < -0.4 is 4.74 Å². The van der Waals surface area contributed by atoms with Crippen LogP contribution in [0.15, 0.2) is 12.1 Å². The maximum atomic E-state index is 11.7. The molecule has 1 aromatic rings. The molecular weight excluding hydrogens is 208 g/mol. The van der Waals surface area contributed by atoms with E-state index in [-0.39, 0.29) is 23.5 Å². The number of carbonyl (C=O) groups is 2. The Hall–Kier alpha value is -1.84. The van der Waals surface area contributed by atoms with Crippen molar-refractivity contribution in [2.75, 3.05) is 7.11 Å². The highest BCUT2D eigenvalue weighted by atomic mass is 16.5. The van der Waals surface area contributed by atoms with Crippen LogP contribution >= 0.6 is 0 Å². The molecule has 86 valence electrons. The summed E-state index contributed by atoms with van der Waals surface area (Å²) in [5.41, 5.74) is 0.858. The second kappa shape index (κ2) is 4.79. The third-order valence-electron chi connectivity index (χ3n) is 2.13. The Balaban J connectivity index is 3.21. The Labute approximate surface area is 93.9 Å². The predicted molar refractivity (Wildman–Crippen MR) is 59.0 cm³/mol. The van der Waals surface area contributed by atoms with Crippen LogP contribution in [0.4, 0.5) is 0 Å². The molecule has 0 amide bonds. The zero-order valence-electron chi connectivity index (χ0n) is 9.53. The van der Waals surface area contributed by atoms with Crippen LogP contribution in [0.1, 0.15) is 29.3 Å². The van der Waals surface area contributed by atoms with Gasteiger partial charge in [0.05, 0.1) is 13.5 Å². The lowest BCUT2D eigenvalue weighted by molar-refractivity contribution is -0.116. The van der Waals surface area contributed by atoms with E-state index in [0.29, 0.717) is 5.75 Å². The van der Waals surface area contributed by atoms with Crippen LogP contribution in [0.5, 0.6) is 11.5 Å². The lowest BCUT2D eigenvalue weighted by Gasteiger charge is -2.10. The van der Waals surface area contributed by atoms with E-state index in [2.05, 4.69) is 0 Å². The summed E-state index contributed by atoms with van der Waals surface area (Å²) in [6.45, 7) is 3.11. The number of methoxy groups -OCH3 is 1. The summed E-state index contributed by atoms with van der Waals surface area (Å²) in [5.74, 6) is -0.527. The van der Waals surface area contributed by atoms with E-state index < -0.39 is 5.78 Å². The molecule has 0 bridgehead atoms. The first kappa shape index (κ1) is 12.2. The number of ether oxygens (including phenoxy) is 1. The Morgan fingerprint density at radius 1 is 1.38 bits per heavy atom. The molecule has 4 nitrogen and oxygen atoms in total. The molecule has 0 spiro atoms. The van der Waals surface area contributed by atoms with Crippen LogP contribution in [-0.2, 0) is 4.79 Å². The standard InChI is InChI=1S/C12H14O4/c1-7-4-9(14)12(11(5-7)16-3)10(15)6-8(2)13/h4-5,14H,6H2,1-3H3. The zero-order chi connectivity index (χ0) is 12.3. The van der Waals surface area contributed by atoms with Gasteiger partial charge in [0.15, 0.2) is 5.78 Å². The van der Waals surface area contributed by atoms with E-state index in [1.165, 1.54) is 20.1 Å². The normalized spacial score (nSPS) is 9.94. The first-order valence-electron chi connectivity index (χ1n) is 4.86. The Morgan fingerprint density at radius 2 is 2.00 bits per heavy atom. The largest absolute Gasteiger partial charge is 0.507 e. The average Bonchev–Trinajstić information content (AvgIpc) is 2.14. The number of Topliss-reactive ketones (excluding diaryl/α,β-unsaturated/α-hetero) is 2. The minimum absolute atomic E-state index is 0.0725. The van der Waals surface area contributed by atoms with Gasteiger partial charge in [-0.3, -0.25) is 9.59 Å². The van der Waals surface area contributed by atoms with Crippen molar-refractivity contribution in [2.45, 2.75) is 20.3 Å². The second-order valence-corrected chi connectivity index (χ2v) is 3.66. The number of benzene rings is 1. The van der Waals surface area contributed by atoms with Crippen molar-refractivity contribution in [1.82, 2.24) is 0 Å². The summed E-state index contributed by atoms with van der Waals surface area (Å²) < 4.78 is 5.02. The number of aryl methyl sites for hydroxylation is 1. The van der Waals surface area contributed by atoms with E-state index in [9.17, 15) is 14.7 Å². The lowest BCUT2D eigenvalue weighted by atomic mass is 10.0. The molecule has 0 radical (unpaired) electrons. The molecule has 0 aliphatic carbocycles. The highest BCUT2D eigenvalue weighted by Gasteiger charge is 2.19. The molecule has 0 aromatic heterocycles. The molecule has 16 heavy (non-hydrogen) atoms. The summed E-state index contributed by atoms with van der Waals surface area (Å²) in [4.78, 5) is 22.6. The number of hydrogen-bond acceptors (Lipinski definition) is 4. The molecular formula is C12H14O4. The summed E-state index contributed by atoms with van der Waals surface area (Å²) in [6.07, 6.45) is -0.229. The van der Waals surface area contributed by atoms with Crippen LogP contribution in [0.25, 0.3) is 0 Å². The van der Waals surface area contributed by atoms with Crippen molar-refractivity contribution in [1.29, 1.82) is 0 Å². The molecule has 0 aliphatic heterocycles. The fourth-order valence-corrected chi connectivity index (χ4v) is 1.49. The van der Waals surface area contributed by atoms with Gasteiger partial charge in [-0.05, 0) is 31.5 Å². The molecule has 0 aliphatic rings. The maximum Gasteiger partial charge on any atom is 0.177 e. The van der Waals surface area contributed by atoms with Gasteiger partial charge in [0.2, 0.25) is 0 Å². The van der Waals surface area contributed by atoms with E-state index in [0.717, 1.165) is 5.56 Å². The minimum Gasteiger partial charge on any atom is -0.507 e. The van der Waals surface area contributed by atoms with Gasteiger partial charge in [-0.25, -0.2) is 0 Å².